The summed E-state index contributed by atoms with van der Waals surface area (Å²) >= 11 is 1.88. The van der Waals surface area contributed by atoms with Crippen molar-refractivity contribution in [3.8, 4) is 17.1 Å². The first-order valence-corrected chi connectivity index (χ1v) is 15.7. The predicted octanol–water partition coefficient (Wildman–Crippen LogP) is 11.6. The third kappa shape index (κ3) is 3.73. The zero-order chi connectivity index (χ0) is 28.5. The van der Waals surface area contributed by atoms with Crippen molar-refractivity contribution in [2.45, 2.75) is 39.5 Å². The van der Waals surface area contributed by atoms with Gasteiger partial charge < -0.3 is 0 Å². The molecule has 2 aromatic heterocycles. The molecule has 8 aromatic rings. The lowest BCUT2D eigenvalue weighted by Gasteiger charge is -2.22. The van der Waals surface area contributed by atoms with Gasteiger partial charge in [0.05, 0.1) is 16.7 Å². The third-order valence-corrected chi connectivity index (χ3v) is 9.88. The van der Waals surface area contributed by atoms with Crippen molar-refractivity contribution in [2.24, 2.45) is 0 Å². The molecule has 0 spiro atoms. The van der Waals surface area contributed by atoms with E-state index in [1.165, 1.54) is 58.5 Å². The minimum atomic E-state index is 0.386. The van der Waals surface area contributed by atoms with Gasteiger partial charge in [-0.1, -0.05) is 100 Å². The fourth-order valence-electron chi connectivity index (χ4n) is 6.72. The second-order valence-electron chi connectivity index (χ2n) is 12.0. The van der Waals surface area contributed by atoms with Crippen LogP contribution in [-0.2, 0) is 0 Å². The fourth-order valence-corrected chi connectivity index (χ4v) is 7.82. The Balaban J connectivity index is 1.46. The van der Waals surface area contributed by atoms with E-state index in [9.17, 15) is 0 Å². The van der Waals surface area contributed by atoms with Crippen LogP contribution in [0.25, 0.3) is 69.8 Å². The van der Waals surface area contributed by atoms with E-state index >= 15 is 0 Å². The molecule has 42 heavy (non-hydrogen) atoms. The third-order valence-electron chi connectivity index (χ3n) is 8.74. The zero-order valence-electron chi connectivity index (χ0n) is 24.3. The summed E-state index contributed by atoms with van der Waals surface area (Å²) in [5.41, 5.74) is 7.29. The maximum atomic E-state index is 5.30. The van der Waals surface area contributed by atoms with E-state index in [0.29, 0.717) is 11.8 Å². The van der Waals surface area contributed by atoms with Crippen LogP contribution in [0.2, 0.25) is 0 Å². The van der Waals surface area contributed by atoms with Crippen molar-refractivity contribution in [3.63, 3.8) is 0 Å². The number of benzene rings is 6. The van der Waals surface area contributed by atoms with Crippen molar-refractivity contribution in [1.82, 2.24) is 9.55 Å². The van der Waals surface area contributed by atoms with Crippen LogP contribution in [0.1, 0.15) is 50.7 Å². The molecule has 0 aliphatic rings. The van der Waals surface area contributed by atoms with E-state index in [4.69, 9.17) is 4.98 Å². The highest BCUT2D eigenvalue weighted by Crippen LogP contribution is 2.43. The molecule has 0 amide bonds. The number of rotatable bonds is 4. The van der Waals surface area contributed by atoms with Gasteiger partial charge >= 0.3 is 0 Å². The van der Waals surface area contributed by atoms with Gasteiger partial charge in [0, 0.05) is 25.7 Å². The average molecular weight is 561 g/mol. The number of hydrogen-bond donors (Lipinski definition) is 0. The Morgan fingerprint density at radius 3 is 2.12 bits per heavy atom. The summed E-state index contributed by atoms with van der Waals surface area (Å²) in [7, 11) is 0. The van der Waals surface area contributed by atoms with Crippen molar-refractivity contribution < 1.29 is 0 Å². The molecule has 0 N–H and O–H groups in total. The highest BCUT2D eigenvalue weighted by Gasteiger charge is 2.22. The Labute approximate surface area is 249 Å². The Hall–Kier alpha value is -4.47. The molecule has 0 bridgehead atoms. The minimum Gasteiger partial charge on any atom is -0.292 e. The quantitative estimate of drug-likeness (QED) is 0.196. The number of thiophene rings is 1. The lowest BCUT2D eigenvalue weighted by Crippen LogP contribution is -2.08. The van der Waals surface area contributed by atoms with E-state index in [-0.39, 0.29) is 0 Å². The first kappa shape index (κ1) is 25.3. The first-order valence-electron chi connectivity index (χ1n) is 14.9. The Kier molecular flexibility index (Phi) is 5.74. The summed E-state index contributed by atoms with van der Waals surface area (Å²) in [6, 6.07) is 40.2. The molecule has 0 fully saturated rings. The van der Waals surface area contributed by atoms with Crippen LogP contribution in [0.4, 0.5) is 0 Å². The number of fused-ring (bicyclic) bond motifs is 8. The first-order chi connectivity index (χ1) is 20.5. The topological polar surface area (TPSA) is 17.8 Å². The maximum Gasteiger partial charge on any atom is 0.145 e. The van der Waals surface area contributed by atoms with Gasteiger partial charge in [-0.05, 0) is 80.9 Å². The molecule has 2 heterocycles. The lowest BCUT2D eigenvalue weighted by atomic mass is 9.92. The van der Waals surface area contributed by atoms with Crippen molar-refractivity contribution in [3.05, 3.63) is 120 Å². The van der Waals surface area contributed by atoms with Gasteiger partial charge in [0.25, 0.3) is 0 Å². The van der Waals surface area contributed by atoms with Crippen molar-refractivity contribution >= 4 is 64.1 Å². The molecule has 204 valence electrons. The van der Waals surface area contributed by atoms with Crippen LogP contribution in [0.3, 0.4) is 0 Å². The van der Waals surface area contributed by atoms with E-state index in [1.54, 1.807) is 0 Å². The van der Waals surface area contributed by atoms with Gasteiger partial charge in [-0.15, -0.1) is 11.3 Å². The maximum absolute atomic E-state index is 5.30. The molecule has 0 unspecified atom stereocenters. The highest BCUT2D eigenvalue weighted by atomic mass is 32.1. The summed E-state index contributed by atoms with van der Waals surface area (Å²) < 4.78 is 5.06. The summed E-state index contributed by atoms with van der Waals surface area (Å²) in [6.45, 7) is 9.17. The standard InChI is InChI=1S/C39H32N2S/c1-23(2)27-12-9-13-28(24(3)4)38(27)41-34-15-8-7-14-33(34)40-39(41)26-17-20-35-32(22-26)37-31-18-16-25-10-5-6-11-29(25)30(31)19-21-36(37)42-35/h5-24H,1-4H3. The number of hydrogen-bond acceptors (Lipinski definition) is 2. The molecule has 3 heteroatoms. The Morgan fingerprint density at radius 2 is 1.31 bits per heavy atom. The summed E-state index contributed by atoms with van der Waals surface area (Å²) in [6.07, 6.45) is 0. The van der Waals surface area contributed by atoms with Crippen LogP contribution in [-0.4, -0.2) is 9.55 Å². The summed E-state index contributed by atoms with van der Waals surface area (Å²) in [4.78, 5) is 5.30. The number of nitrogens with zero attached hydrogens (tertiary/aromatic N) is 2. The smallest absolute Gasteiger partial charge is 0.145 e. The fraction of sp³-hybridized carbons (Fsp3) is 0.154. The van der Waals surface area contributed by atoms with Gasteiger partial charge in [-0.25, -0.2) is 4.98 Å². The predicted molar refractivity (Wildman–Crippen MR) is 183 cm³/mol. The Bertz CT molecular complexity index is 2290. The van der Waals surface area contributed by atoms with Gasteiger partial charge in [0.15, 0.2) is 0 Å². The molecule has 0 saturated heterocycles. The number of imidazole rings is 1. The van der Waals surface area contributed by atoms with Gasteiger partial charge in [0.2, 0.25) is 0 Å². The molecule has 0 radical (unpaired) electrons. The van der Waals surface area contributed by atoms with E-state index in [2.05, 4.69) is 141 Å². The molecule has 0 atom stereocenters. The largest absolute Gasteiger partial charge is 0.292 e. The van der Waals surface area contributed by atoms with Crippen LogP contribution < -0.4 is 0 Å². The van der Waals surface area contributed by atoms with Gasteiger partial charge in [-0.3, -0.25) is 4.57 Å². The monoisotopic (exact) mass is 560 g/mol. The lowest BCUT2D eigenvalue weighted by molar-refractivity contribution is 0.811. The molecule has 0 saturated carbocycles. The number of para-hydroxylation sites is 3. The van der Waals surface area contributed by atoms with Crippen LogP contribution in [0.15, 0.2) is 109 Å². The summed E-state index contributed by atoms with van der Waals surface area (Å²) in [5, 5.41) is 7.85. The molecule has 2 nitrogen and oxygen atoms in total. The average Bonchev–Trinajstić information content (AvgIpc) is 3.58. The van der Waals surface area contributed by atoms with Crippen LogP contribution in [0, 0.1) is 0 Å². The molecular weight excluding hydrogens is 529 g/mol. The van der Waals surface area contributed by atoms with Crippen LogP contribution in [0.5, 0.6) is 0 Å². The summed E-state index contributed by atoms with van der Waals surface area (Å²) in [5.74, 6) is 1.77. The SMILES string of the molecule is CC(C)c1cccc(C(C)C)c1-n1c(-c2ccc3sc4ccc5c6ccccc6ccc5c4c3c2)nc2ccccc21. The van der Waals surface area contributed by atoms with Crippen molar-refractivity contribution in [2.75, 3.05) is 0 Å². The second-order valence-corrected chi connectivity index (χ2v) is 13.1. The molecular formula is C39H32N2S. The number of aromatic nitrogens is 2. The van der Waals surface area contributed by atoms with E-state index in [1.807, 2.05) is 11.3 Å². The van der Waals surface area contributed by atoms with E-state index < -0.39 is 0 Å². The van der Waals surface area contributed by atoms with Crippen molar-refractivity contribution in [1.29, 1.82) is 0 Å². The minimum absolute atomic E-state index is 0.386. The normalized spacial score (nSPS) is 12.2. The van der Waals surface area contributed by atoms with Gasteiger partial charge in [0.1, 0.15) is 5.82 Å². The molecule has 6 aromatic carbocycles. The molecule has 0 aliphatic heterocycles. The highest BCUT2D eigenvalue weighted by molar-refractivity contribution is 7.26. The Morgan fingerprint density at radius 1 is 0.595 bits per heavy atom. The van der Waals surface area contributed by atoms with Gasteiger partial charge in [-0.2, -0.15) is 0 Å². The zero-order valence-corrected chi connectivity index (χ0v) is 25.2. The van der Waals surface area contributed by atoms with Crippen LogP contribution >= 0.6 is 11.3 Å². The van der Waals surface area contributed by atoms with E-state index in [0.717, 1.165) is 22.4 Å². The second kappa shape index (κ2) is 9.54. The molecule has 0 aliphatic carbocycles. The molecule has 8 rings (SSSR count).